The molecule has 104 valence electrons. The first-order valence-electron chi connectivity index (χ1n) is 7.16. The fourth-order valence-corrected chi connectivity index (χ4v) is 2.12. The van der Waals surface area contributed by atoms with Crippen molar-refractivity contribution >= 4 is 5.91 Å². The van der Waals surface area contributed by atoms with Gasteiger partial charge in [0.05, 0.1) is 0 Å². The van der Waals surface area contributed by atoms with Gasteiger partial charge in [0.25, 0.3) is 0 Å². The number of benzene rings is 1. The third kappa shape index (κ3) is 4.06. The van der Waals surface area contributed by atoms with Gasteiger partial charge in [-0.25, -0.2) is 0 Å². The van der Waals surface area contributed by atoms with Crippen molar-refractivity contribution in [3.05, 3.63) is 34.9 Å². The maximum Gasteiger partial charge on any atom is 0.223 e. The van der Waals surface area contributed by atoms with Gasteiger partial charge in [-0.1, -0.05) is 18.2 Å². The summed E-state index contributed by atoms with van der Waals surface area (Å²) in [6.45, 7) is 7.95. The average molecular weight is 260 g/mol. The Kier molecular flexibility index (Phi) is 4.59. The predicted octanol–water partition coefficient (Wildman–Crippen LogP) is 2.48. The fourth-order valence-electron chi connectivity index (χ4n) is 2.12. The molecule has 0 radical (unpaired) electrons. The molecule has 0 aliphatic heterocycles. The lowest BCUT2D eigenvalue weighted by Gasteiger charge is -2.16. The van der Waals surface area contributed by atoms with E-state index in [1.165, 1.54) is 16.7 Å². The Morgan fingerprint density at radius 2 is 2.00 bits per heavy atom. The highest BCUT2D eigenvalue weighted by Gasteiger charge is 2.28. The molecule has 3 nitrogen and oxygen atoms in total. The number of rotatable bonds is 6. The number of hydrogen-bond donors (Lipinski definition) is 2. The molecule has 1 unspecified atom stereocenters. The summed E-state index contributed by atoms with van der Waals surface area (Å²) in [5.41, 5.74) is 3.96. The number of nitrogens with one attached hydrogen (secondary N) is 2. The molecule has 0 saturated heterocycles. The molecule has 3 heteroatoms. The van der Waals surface area contributed by atoms with Crippen LogP contribution in [0.25, 0.3) is 0 Å². The van der Waals surface area contributed by atoms with E-state index in [1.54, 1.807) is 0 Å². The normalized spacial score (nSPS) is 16.2. The van der Waals surface area contributed by atoms with Crippen LogP contribution in [0.15, 0.2) is 18.2 Å². The molecule has 2 N–H and O–H groups in total. The molecule has 1 aromatic carbocycles. The molecule has 1 atom stereocenters. The molecule has 1 saturated carbocycles. The van der Waals surface area contributed by atoms with Gasteiger partial charge in [-0.2, -0.15) is 0 Å². The summed E-state index contributed by atoms with van der Waals surface area (Å²) in [6, 6.07) is 6.88. The van der Waals surface area contributed by atoms with Crippen molar-refractivity contribution in [3.8, 4) is 0 Å². The van der Waals surface area contributed by atoms with E-state index in [-0.39, 0.29) is 5.91 Å². The summed E-state index contributed by atoms with van der Waals surface area (Å²) in [5.74, 6) is 0.526. The smallest absolute Gasteiger partial charge is 0.223 e. The van der Waals surface area contributed by atoms with Crippen molar-refractivity contribution in [2.24, 2.45) is 5.92 Å². The first-order chi connectivity index (χ1) is 9.08. The summed E-state index contributed by atoms with van der Waals surface area (Å²) in [4.78, 5) is 11.5. The van der Waals surface area contributed by atoms with Crippen LogP contribution in [0.3, 0.4) is 0 Å². The largest absolute Gasteiger partial charge is 0.355 e. The van der Waals surface area contributed by atoms with Crippen molar-refractivity contribution in [3.63, 3.8) is 0 Å². The van der Waals surface area contributed by atoms with E-state index in [2.05, 4.69) is 49.6 Å². The maximum atomic E-state index is 11.5. The highest BCUT2D eigenvalue weighted by molar-refractivity contribution is 5.80. The molecule has 0 spiro atoms. The van der Waals surface area contributed by atoms with Crippen LogP contribution in [0.4, 0.5) is 0 Å². The quantitative estimate of drug-likeness (QED) is 0.772. The van der Waals surface area contributed by atoms with Gasteiger partial charge in [0.1, 0.15) is 0 Å². The molecule has 1 fully saturated rings. The lowest BCUT2D eigenvalue weighted by molar-refractivity contribution is -0.122. The monoisotopic (exact) mass is 260 g/mol. The molecular weight excluding hydrogens is 236 g/mol. The maximum absolute atomic E-state index is 11.5. The highest BCUT2D eigenvalue weighted by Crippen LogP contribution is 2.28. The average Bonchev–Trinajstić information content (AvgIpc) is 3.21. The molecular formula is C16H24N2O. The van der Waals surface area contributed by atoms with Crippen molar-refractivity contribution < 1.29 is 4.79 Å². The van der Waals surface area contributed by atoms with Gasteiger partial charge < -0.3 is 10.6 Å². The fraction of sp³-hybridized carbons (Fsp3) is 0.562. The van der Waals surface area contributed by atoms with Crippen LogP contribution in [-0.4, -0.2) is 19.0 Å². The van der Waals surface area contributed by atoms with Gasteiger partial charge in [-0.3, -0.25) is 4.79 Å². The number of carbonyl (C=O) groups excluding carboxylic acids is 1. The van der Waals surface area contributed by atoms with Crippen LogP contribution >= 0.6 is 0 Å². The molecule has 1 aliphatic rings. The molecule has 0 heterocycles. The Hall–Kier alpha value is -1.35. The minimum atomic E-state index is 0.223. The van der Waals surface area contributed by atoms with Gasteiger partial charge in [0, 0.05) is 25.0 Å². The Morgan fingerprint density at radius 1 is 1.26 bits per heavy atom. The SMILES string of the molecule is Cc1ccc(C(C)NCCNC(=O)C2CC2)cc1C. The topological polar surface area (TPSA) is 41.1 Å². The van der Waals surface area contributed by atoms with Crippen molar-refractivity contribution in [2.45, 2.75) is 39.7 Å². The van der Waals surface area contributed by atoms with E-state index >= 15 is 0 Å². The third-order valence-electron chi connectivity index (χ3n) is 3.85. The Bertz CT molecular complexity index is 452. The Balaban J connectivity index is 1.72. The summed E-state index contributed by atoms with van der Waals surface area (Å²) in [5, 5.41) is 6.42. The van der Waals surface area contributed by atoms with Crippen LogP contribution < -0.4 is 10.6 Å². The standard InChI is InChI=1S/C16H24N2O/c1-11-4-5-15(10-12(11)2)13(3)17-8-9-18-16(19)14-6-7-14/h4-5,10,13-14,17H,6-9H2,1-3H3,(H,18,19). The second-order valence-electron chi connectivity index (χ2n) is 5.58. The molecule has 19 heavy (non-hydrogen) atoms. The zero-order chi connectivity index (χ0) is 13.8. The lowest BCUT2D eigenvalue weighted by atomic mass is 10.0. The molecule has 0 aromatic heterocycles. The van der Waals surface area contributed by atoms with Gasteiger partial charge in [-0.05, 0) is 50.3 Å². The van der Waals surface area contributed by atoms with Gasteiger partial charge in [0.2, 0.25) is 5.91 Å². The van der Waals surface area contributed by atoms with E-state index in [0.29, 0.717) is 18.5 Å². The minimum Gasteiger partial charge on any atom is -0.355 e. The number of hydrogen-bond acceptors (Lipinski definition) is 2. The number of aryl methyl sites for hydroxylation is 2. The summed E-state index contributed by atoms with van der Waals surface area (Å²) < 4.78 is 0. The van der Waals surface area contributed by atoms with E-state index < -0.39 is 0 Å². The van der Waals surface area contributed by atoms with Crippen LogP contribution in [0, 0.1) is 19.8 Å². The molecule has 0 bridgehead atoms. The Labute approximate surface area is 115 Å². The lowest BCUT2D eigenvalue weighted by Crippen LogP contribution is -2.33. The zero-order valence-electron chi connectivity index (χ0n) is 12.1. The molecule has 2 rings (SSSR count). The summed E-state index contributed by atoms with van der Waals surface area (Å²) in [6.07, 6.45) is 2.14. The summed E-state index contributed by atoms with van der Waals surface area (Å²) in [7, 11) is 0. The van der Waals surface area contributed by atoms with Crippen molar-refractivity contribution in [2.75, 3.05) is 13.1 Å². The number of amides is 1. The van der Waals surface area contributed by atoms with Crippen molar-refractivity contribution in [1.29, 1.82) is 0 Å². The van der Waals surface area contributed by atoms with Crippen LogP contribution in [0.1, 0.15) is 42.5 Å². The molecule has 1 amide bonds. The summed E-state index contributed by atoms with van der Waals surface area (Å²) >= 11 is 0. The molecule has 1 aromatic rings. The van der Waals surface area contributed by atoms with Crippen LogP contribution in [0.5, 0.6) is 0 Å². The predicted molar refractivity (Wildman–Crippen MR) is 78.1 cm³/mol. The minimum absolute atomic E-state index is 0.223. The van der Waals surface area contributed by atoms with Crippen LogP contribution in [0.2, 0.25) is 0 Å². The first-order valence-corrected chi connectivity index (χ1v) is 7.16. The highest BCUT2D eigenvalue weighted by atomic mass is 16.2. The van der Waals surface area contributed by atoms with Gasteiger partial charge in [0.15, 0.2) is 0 Å². The zero-order valence-corrected chi connectivity index (χ0v) is 12.1. The second kappa shape index (κ2) is 6.20. The first kappa shape index (κ1) is 14.1. The van der Waals surface area contributed by atoms with Gasteiger partial charge >= 0.3 is 0 Å². The van der Waals surface area contributed by atoms with E-state index in [4.69, 9.17) is 0 Å². The molecule has 1 aliphatic carbocycles. The second-order valence-corrected chi connectivity index (χ2v) is 5.58. The number of carbonyl (C=O) groups is 1. The Morgan fingerprint density at radius 3 is 2.63 bits per heavy atom. The van der Waals surface area contributed by atoms with E-state index in [1.807, 2.05) is 0 Å². The van der Waals surface area contributed by atoms with Crippen LogP contribution in [-0.2, 0) is 4.79 Å². The van der Waals surface area contributed by atoms with E-state index in [0.717, 1.165) is 19.4 Å². The van der Waals surface area contributed by atoms with Crippen molar-refractivity contribution in [1.82, 2.24) is 10.6 Å². The third-order valence-corrected chi connectivity index (χ3v) is 3.85. The van der Waals surface area contributed by atoms with Gasteiger partial charge in [-0.15, -0.1) is 0 Å². The van der Waals surface area contributed by atoms with E-state index in [9.17, 15) is 4.79 Å².